The Kier molecular flexibility index (Phi) is 67.2. The minimum Gasteiger partial charge on any atom is -0.462 e. The first kappa shape index (κ1) is 93.2. The predicted molar refractivity (Wildman–Crippen MR) is 399 cm³/mol. The summed E-state index contributed by atoms with van der Waals surface area (Å²) in [6.07, 6.45) is 77.4. The van der Waals surface area contributed by atoms with Gasteiger partial charge in [0.1, 0.15) is 19.3 Å². The zero-order valence-electron chi connectivity index (χ0n) is 60.9. The number of hydrogen-bond donors (Lipinski definition) is 3. The smallest absolute Gasteiger partial charge is 0.462 e. The molecule has 0 fully saturated rings. The van der Waals surface area contributed by atoms with E-state index < -0.39 is 97.5 Å². The van der Waals surface area contributed by atoms with Gasteiger partial charge in [-0.25, -0.2) is 9.13 Å². The molecule has 0 aliphatic heterocycles. The van der Waals surface area contributed by atoms with Crippen LogP contribution in [0.1, 0.15) is 285 Å². The molecular weight excluding hydrogens is 1280 g/mol. The number of aliphatic hydroxyl groups excluding tert-OH is 1. The quantitative estimate of drug-likeness (QED) is 0.0169. The highest BCUT2D eigenvalue weighted by Gasteiger charge is 2.30. The molecule has 5 atom stereocenters. The number of aliphatic hydroxyl groups is 1. The van der Waals surface area contributed by atoms with Crippen LogP contribution in [-0.2, 0) is 65.4 Å². The van der Waals surface area contributed by atoms with Gasteiger partial charge in [-0.15, -0.1) is 0 Å². The molecular formula is C79H132O17P2. The summed E-state index contributed by atoms with van der Waals surface area (Å²) in [5.74, 6) is -2.27. The summed E-state index contributed by atoms with van der Waals surface area (Å²) in [6.45, 7) is 4.43. The standard InChI is InChI=1S/C79H132O17P2/c1-5-9-13-17-21-25-29-32-34-35-36-37-39-41-45-48-52-56-60-64-77(82)90-70-75(96-79(84)66-62-58-54-50-46-42-38-33-30-26-22-18-14-10-6-2)72-94-98(87,88)92-68-73(80)67-91-97(85,86)93-71-74(95-78(83)65-61-57-53-49-43-28-24-20-16-12-8-4)69-89-76(81)63-59-55-51-47-44-40-31-27-23-19-15-11-7-3/h9-10,13-15,19-22,24-27,31-34,36-38,46,50,73-75,80H,5-8,11-12,16-18,23,28-30,35,39-45,47-49,51-72H2,1-4H3,(H,85,86)(H,87,88)/b13-9-,14-10-,19-15-,24-20-,25-21-,26-22-,31-27-,34-32-,37-36-,38-33-,50-46-. The maximum Gasteiger partial charge on any atom is 0.472 e. The van der Waals surface area contributed by atoms with Gasteiger partial charge in [0.25, 0.3) is 0 Å². The van der Waals surface area contributed by atoms with Crippen molar-refractivity contribution in [2.24, 2.45) is 0 Å². The fourth-order valence-corrected chi connectivity index (χ4v) is 11.0. The van der Waals surface area contributed by atoms with Crippen LogP contribution < -0.4 is 0 Å². The number of allylic oxidation sites excluding steroid dienone is 22. The summed E-state index contributed by atoms with van der Waals surface area (Å²) in [4.78, 5) is 72.7. The molecule has 0 saturated carbocycles. The zero-order valence-corrected chi connectivity index (χ0v) is 62.7. The average molecular weight is 1420 g/mol. The molecule has 0 radical (unpaired) electrons. The minimum atomic E-state index is -4.99. The zero-order chi connectivity index (χ0) is 71.8. The van der Waals surface area contributed by atoms with Crippen LogP contribution in [0.3, 0.4) is 0 Å². The van der Waals surface area contributed by atoms with E-state index in [-0.39, 0.29) is 25.7 Å². The molecule has 0 saturated heterocycles. The number of unbranched alkanes of at least 4 members (excludes halogenated alkanes) is 21. The Balaban J connectivity index is 5.38. The van der Waals surface area contributed by atoms with E-state index >= 15 is 0 Å². The first-order chi connectivity index (χ1) is 47.7. The lowest BCUT2D eigenvalue weighted by molar-refractivity contribution is -0.161. The molecule has 0 aromatic heterocycles. The largest absolute Gasteiger partial charge is 0.472 e. The molecule has 98 heavy (non-hydrogen) atoms. The van der Waals surface area contributed by atoms with E-state index in [1.165, 1.54) is 12.8 Å². The molecule has 0 aliphatic carbocycles. The monoisotopic (exact) mass is 1410 g/mol. The van der Waals surface area contributed by atoms with Crippen molar-refractivity contribution in [3.05, 3.63) is 134 Å². The van der Waals surface area contributed by atoms with Crippen molar-refractivity contribution in [1.29, 1.82) is 0 Å². The van der Waals surface area contributed by atoms with Crippen LogP contribution in [0.5, 0.6) is 0 Å². The minimum absolute atomic E-state index is 0.0355. The van der Waals surface area contributed by atoms with Crippen LogP contribution >= 0.6 is 15.6 Å². The van der Waals surface area contributed by atoms with Crippen molar-refractivity contribution < 1.29 is 80.2 Å². The van der Waals surface area contributed by atoms with Gasteiger partial charge in [0.05, 0.1) is 26.4 Å². The summed E-state index contributed by atoms with van der Waals surface area (Å²) in [7, 11) is -9.97. The molecule has 0 bridgehead atoms. The van der Waals surface area contributed by atoms with Gasteiger partial charge in [-0.3, -0.25) is 37.3 Å². The highest BCUT2D eigenvalue weighted by atomic mass is 31.2. The molecule has 19 heteroatoms. The maximum atomic E-state index is 13.1. The Hall–Kier alpha value is -4.80. The molecule has 0 aliphatic rings. The van der Waals surface area contributed by atoms with Gasteiger partial charge in [-0.05, 0) is 148 Å². The van der Waals surface area contributed by atoms with Crippen molar-refractivity contribution in [1.82, 2.24) is 0 Å². The first-order valence-corrected chi connectivity index (χ1v) is 40.4. The lowest BCUT2D eigenvalue weighted by Gasteiger charge is -2.21. The van der Waals surface area contributed by atoms with E-state index in [1.807, 2.05) is 0 Å². The summed E-state index contributed by atoms with van der Waals surface area (Å²) in [5, 5.41) is 10.6. The Labute approximate surface area is 593 Å². The van der Waals surface area contributed by atoms with Crippen molar-refractivity contribution in [3.63, 3.8) is 0 Å². The predicted octanol–water partition coefficient (Wildman–Crippen LogP) is 21.3. The van der Waals surface area contributed by atoms with E-state index in [9.17, 15) is 43.2 Å². The topological polar surface area (TPSA) is 237 Å². The Bertz CT molecular complexity index is 2380. The van der Waals surface area contributed by atoms with Gasteiger partial charge in [0, 0.05) is 25.7 Å². The van der Waals surface area contributed by atoms with Crippen molar-refractivity contribution in [2.45, 2.75) is 303 Å². The normalized spacial score (nSPS) is 14.7. The molecule has 0 aromatic carbocycles. The average Bonchev–Trinajstić information content (AvgIpc) is 0.992. The van der Waals surface area contributed by atoms with Crippen molar-refractivity contribution in [3.8, 4) is 0 Å². The Morgan fingerprint density at radius 3 is 0.888 bits per heavy atom. The Morgan fingerprint density at radius 2 is 0.551 bits per heavy atom. The number of phosphoric acid groups is 2. The van der Waals surface area contributed by atoms with Crippen LogP contribution in [0, 0.1) is 0 Å². The summed E-state index contributed by atoms with van der Waals surface area (Å²) in [5.41, 5.74) is 0. The number of hydrogen-bond acceptors (Lipinski definition) is 15. The highest BCUT2D eigenvalue weighted by Crippen LogP contribution is 2.45. The second kappa shape index (κ2) is 70.6. The van der Waals surface area contributed by atoms with E-state index in [2.05, 4.69) is 161 Å². The molecule has 0 amide bonds. The third kappa shape index (κ3) is 69.7. The second-order valence-corrected chi connectivity index (χ2v) is 27.4. The van der Waals surface area contributed by atoms with Crippen LogP contribution in [0.2, 0.25) is 0 Å². The van der Waals surface area contributed by atoms with Gasteiger partial charge < -0.3 is 33.8 Å². The first-order valence-electron chi connectivity index (χ1n) is 37.4. The van der Waals surface area contributed by atoms with Gasteiger partial charge >= 0.3 is 39.5 Å². The van der Waals surface area contributed by atoms with E-state index in [1.54, 1.807) is 0 Å². The summed E-state index contributed by atoms with van der Waals surface area (Å²) in [6, 6.07) is 0. The second-order valence-electron chi connectivity index (χ2n) is 24.5. The summed E-state index contributed by atoms with van der Waals surface area (Å²) < 4.78 is 68.3. The van der Waals surface area contributed by atoms with Crippen LogP contribution in [0.4, 0.5) is 0 Å². The number of ether oxygens (including phenoxy) is 4. The van der Waals surface area contributed by atoms with Crippen LogP contribution in [0.25, 0.3) is 0 Å². The lowest BCUT2D eigenvalue weighted by atomic mass is 10.1. The third-order valence-electron chi connectivity index (χ3n) is 15.1. The number of esters is 4. The number of carbonyl (C=O) groups is 4. The van der Waals surface area contributed by atoms with Gasteiger partial charge in [-0.1, -0.05) is 245 Å². The fourth-order valence-electron chi connectivity index (χ4n) is 9.40. The highest BCUT2D eigenvalue weighted by molar-refractivity contribution is 7.47. The molecule has 3 N–H and O–H groups in total. The molecule has 0 spiro atoms. The van der Waals surface area contributed by atoms with E-state index in [4.69, 9.17) is 37.0 Å². The number of rotatable bonds is 69. The molecule has 560 valence electrons. The molecule has 0 aromatic rings. The third-order valence-corrected chi connectivity index (χ3v) is 17.0. The van der Waals surface area contributed by atoms with Crippen LogP contribution in [0.15, 0.2) is 134 Å². The lowest BCUT2D eigenvalue weighted by Crippen LogP contribution is -2.30. The van der Waals surface area contributed by atoms with Crippen molar-refractivity contribution >= 4 is 39.5 Å². The molecule has 5 unspecified atom stereocenters. The van der Waals surface area contributed by atoms with Crippen LogP contribution in [-0.4, -0.2) is 96.7 Å². The molecule has 17 nitrogen and oxygen atoms in total. The number of carbonyl (C=O) groups excluding carboxylic acids is 4. The SMILES string of the molecule is CC/C=C\C/C=C\C/C=C\C/C=C\CCCCCCCCC(=O)OCC(COP(=O)(O)OCC(O)COP(=O)(O)OCC(COC(=O)CCCCCCC/C=C\C/C=C\CCC)OC(=O)CCCCCCC/C=C\CCCC)OC(=O)CCCC/C=C\C/C=C\C/C=C\C/C=C\CC. The van der Waals surface area contributed by atoms with E-state index in [0.29, 0.717) is 32.1 Å². The van der Waals surface area contributed by atoms with Gasteiger partial charge in [0.2, 0.25) is 0 Å². The molecule has 0 heterocycles. The van der Waals surface area contributed by atoms with Gasteiger partial charge in [0.15, 0.2) is 12.2 Å². The molecule has 0 rings (SSSR count). The Morgan fingerprint density at radius 1 is 0.296 bits per heavy atom. The number of phosphoric ester groups is 2. The van der Waals surface area contributed by atoms with Gasteiger partial charge in [-0.2, -0.15) is 0 Å². The van der Waals surface area contributed by atoms with Crippen molar-refractivity contribution in [2.75, 3.05) is 39.6 Å². The fraction of sp³-hybridized carbons (Fsp3) is 0.671. The maximum absolute atomic E-state index is 13.1. The summed E-state index contributed by atoms with van der Waals surface area (Å²) >= 11 is 0. The van der Waals surface area contributed by atoms with E-state index in [0.717, 1.165) is 186 Å².